The van der Waals surface area contributed by atoms with Gasteiger partial charge in [0.25, 0.3) is 5.91 Å². The highest BCUT2D eigenvalue weighted by Crippen LogP contribution is 2.29. The Balaban J connectivity index is 2.07. The van der Waals surface area contributed by atoms with Crippen molar-refractivity contribution in [3.63, 3.8) is 0 Å². The van der Waals surface area contributed by atoms with Gasteiger partial charge in [-0.1, -0.05) is 31.5 Å². The van der Waals surface area contributed by atoms with Gasteiger partial charge in [-0.25, -0.2) is 4.79 Å². The molecule has 0 aliphatic heterocycles. The molecule has 1 amide bonds. The van der Waals surface area contributed by atoms with Gasteiger partial charge in [0.15, 0.2) is 18.1 Å². The molecule has 2 rings (SSSR count). The van der Waals surface area contributed by atoms with E-state index >= 15 is 0 Å². The molecule has 0 bridgehead atoms. The lowest BCUT2D eigenvalue weighted by molar-refractivity contribution is -0.136. The zero-order chi connectivity index (χ0) is 23.5. The molecule has 0 aromatic heterocycles. The Morgan fingerprint density at radius 3 is 2.59 bits per heavy atom. The molecule has 0 aliphatic rings. The van der Waals surface area contributed by atoms with Gasteiger partial charge in [0.1, 0.15) is 17.4 Å². The second-order valence-corrected chi connectivity index (χ2v) is 7.15. The van der Waals surface area contributed by atoms with Crippen molar-refractivity contribution in [1.29, 1.82) is 5.26 Å². The first-order valence-corrected chi connectivity index (χ1v) is 10.4. The number of carbonyl (C=O) groups excluding carboxylic acids is 2. The lowest BCUT2D eigenvalue weighted by Crippen LogP contribution is -2.25. The first-order valence-electron chi connectivity index (χ1n) is 10.4. The maximum absolute atomic E-state index is 12.3. The number of benzene rings is 2. The fourth-order valence-electron chi connectivity index (χ4n) is 2.82. The largest absolute Gasteiger partial charge is 0.493 e. The average Bonchev–Trinajstić information content (AvgIpc) is 2.79. The maximum Gasteiger partial charge on any atom is 0.349 e. The Hall–Kier alpha value is -3.79. The highest BCUT2D eigenvalue weighted by atomic mass is 16.6. The number of aryl methyl sites for hydroxylation is 1. The van der Waals surface area contributed by atoms with Crippen LogP contribution in [0.4, 0.5) is 0 Å². The molecule has 2 aromatic carbocycles. The van der Waals surface area contributed by atoms with E-state index in [4.69, 9.17) is 14.2 Å². The molecule has 0 spiro atoms. The Bertz CT molecular complexity index is 1040. The third-order valence-electron chi connectivity index (χ3n) is 4.80. The number of methoxy groups -OCH3 is 1. The number of unbranched alkanes of at least 4 members (excludes halogenated alkanes) is 1. The maximum atomic E-state index is 12.3. The minimum atomic E-state index is -0.583. The summed E-state index contributed by atoms with van der Waals surface area (Å²) in [6, 6.07) is 12.3. The molecular weight excluding hydrogens is 408 g/mol. The molecule has 7 nitrogen and oxygen atoms in total. The van der Waals surface area contributed by atoms with Crippen LogP contribution in [0.15, 0.2) is 42.0 Å². The fraction of sp³-hybridized carbons (Fsp3) is 0.320. The normalized spacial score (nSPS) is 10.8. The Kier molecular flexibility index (Phi) is 9.30. The predicted octanol–water partition coefficient (Wildman–Crippen LogP) is 4.12. The van der Waals surface area contributed by atoms with E-state index in [-0.39, 0.29) is 17.9 Å². The lowest BCUT2D eigenvalue weighted by Gasteiger charge is -2.12. The minimum Gasteiger partial charge on any atom is -0.493 e. The van der Waals surface area contributed by atoms with Crippen molar-refractivity contribution in [3.05, 3.63) is 58.7 Å². The highest BCUT2D eigenvalue weighted by molar-refractivity contribution is 6.01. The molecule has 0 heterocycles. The van der Waals surface area contributed by atoms with Crippen LogP contribution >= 0.6 is 0 Å². The van der Waals surface area contributed by atoms with E-state index in [2.05, 4.69) is 5.32 Å². The van der Waals surface area contributed by atoms with Gasteiger partial charge >= 0.3 is 5.97 Å². The number of rotatable bonds is 10. The van der Waals surface area contributed by atoms with Crippen molar-refractivity contribution in [1.82, 2.24) is 5.32 Å². The van der Waals surface area contributed by atoms with Crippen LogP contribution in [0.1, 0.15) is 36.5 Å². The quantitative estimate of drug-likeness (QED) is 0.198. The van der Waals surface area contributed by atoms with E-state index in [1.54, 1.807) is 24.3 Å². The van der Waals surface area contributed by atoms with Crippen LogP contribution in [0.3, 0.4) is 0 Å². The second-order valence-electron chi connectivity index (χ2n) is 7.15. The van der Waals surface area contributed by atoms with Crippen molar-refractivity contribution in [2.45, 2.75) is 33.6 Å². The number of ether oxygens (including phenoxy) is 3. The van der Waals surface area contributed by atoms with Crippen molar-refractivity contribution in [2.24, 2.45) is 0 Å². The Morgan fingerprint density at radius 1 is 1.12 bits per heavy atom. The second kappa shape index (κ2) is 12.2. The van der Waals surface area contributed by atoms with Crippen LogP contribution in [0, 0.1) is 25.2 Å². The third kappa shape index (κ3) is 6.88. The van der Waals surface area contributed by atoms with E-state index in [0.717, 1.165) is 24.0 Å². The molecule has 0 atom stereocenters. The van der Waals surface area contributed by atoms with Crippen LogP contribution in [0.25, 0.3) is 6.08 Å². The van der Waals surface area contributed by atoms with Crippen LogP contribution in [0.2, 0.25) is 0 Å². The molecule has 7 heteroatoms. The first kappa shape index (κ1) is 24.5. The van der Waals surface area contributed by atoms with E-state index in [1.807, 2.05) is 39.0 Å². The third-order valence-corrected chi connectivity index (χ3v) is 4.80. The summed E-state index contributed by atoms with van der Waals surface area (Å²) in [7, 11) is 1.44. The summed E-state index contributed by atoms with van der Waals surface area (Å²) >= 11 is 0. The molecule has 0 aliphatic carbocycles. The van der Waals surface area contributed by atoms with Gasteiger partial charge in [-0.05, 0) is 61.2 Å². The van der Waals surface area contributed by atoms with Crippen LogP contribution in [-0.4, -0.2) is 32.1 Å². The van der Waals surface area contributed by atoms with E-state index in [0.29, 0.717) is 23.6 Å². The molecule has 0 saturated heterocycles. The molecule has 2 aromatic rings. The number of nitrogens with one attached hydrogen (secondary N) is 1. The predicted molar refractivity (Wildman–Crippen MR) is 122 cm³/mol. The molecule has 0 fully saturated rings. The lowest BCUT2D eigenvalue weighted by atomic mass is 10.1. The van der Waals surface area contributed by atoms with Crippen molar-refractivity contribution < 1.29 is 23.8 Å². The van der Waals surface area contributed by atoms with Gasteiger partial charge in [-0.3, -0.25) is 4.79 Å². The smallest absolute Gasteiger partial charge is 0.349 e. The first-order chi connectivity index (χ1) is 15.4. The number of hydrogen-bond acceptors (Lipinski definition) is 6. The summed E-state index contributed by atoms with van der Waals surface area (Å²) in [4.78, 5) is 24.4. The highest BCUT2D eigenvalue weighted by Gasteiger charge is 2.14. The number of nitrogens with zero attached hydrogens (tertiary/aromatic N) is 1. The van der Waals surface area contributed by atoms with Gasteiger partial charge in [-0.2, -0.15) is 5.26 Å². The number of carbonyl (C=O) groups is 2. The molecule has 168 valence electrons. The van der Waals surface area contributed by atoms with Crippen LogP contribution in [0.5, 0.6) is 17.2 Å². The molecule has 0 saturated carbocycles. The summed E-state index contributed by atoms with van der Waals surface area (Å²) in [5.41, 5.74) is 2.57. The van der Waals surface area contributed by atoms with E-state index < -0.39 is 11.9 Å². The molecule has 0 radical (unpaired) electrons. The fourth-order valence-corrected chi connectivity index (χ4v) is 2.82. The summed E-state index contributed by atoms with van der Waals surface area (Å²) in [5.74, 6) is 0.114. The monoisotopic (exact) mass is 436 g/mol. The summed E-state index contributed by atoms with van der Waals surface area (Å²) in [5, 5.41) is 12.0. The molecule has 32 heavy (non-hydrogen) atoms. The Labute approximate surface area is 188 Å². The summed E-state index contributed by atoms with van der Waals surface area (Å²) in [6.07, 6.45) is 3.24. The van der Waals surface area contributed by atoms with Crippen LogP contribution in [-0.2, 0) is 9.59 Å². The van der Waals surface area contributed by atoms with Gasteiger partial charge in [0, 0.05) is 6.54 Å². The molecule has 0 unspecified atom stereocenters. The van der Waals surface area contributed by atoms with Gasteiger partial charge in [0.2, 0.25) is 0 Å². The zero-order valence-corrected chi connectivity index (χ0v) is 18.9. The van der Waals surface area contributed by atoms with Gasteiger partial charge in [0.05, 0.1) is 7.11 Å². The van der Waals surface area contributed by atoms with E-state index in [1.165, 1.54) is 13.2 Å². The van der Waals surface area contributed by atoms with E-state index in [9.17, 15) is 14.9 Å². The number of esters is 1. The topological polar surface area (TPSA) is 97.7 Å². The average molecular weight is 437 g/mol. The molecule has 1 N–H and O–H groups in total. The van der Waals surface area contributed by atoms with Crippen molar-refractivity contribution in [2.75, 3.05) is 20.3 Å². The number of nitriles is 1. The SMILES string of the molecule is CCCCNC(=O)/C(C#N)=C/c1ccc(OC(=O)COc2cccc(C)c2C)c(OC)c1. The van der Waals surface area contributed by atoms with Crippen molar-refractivity contribution in [3.8, 4) is 23.3 Å². The summed E-state index contributed by atoms with van der Waals surface area (Å²) in [6.45, 7) is 6.16. The van der Waals surface area contributed by atoms with Gasteiger partial charge < -0.3 is 19.5 Å². The van der Waals surface area contributed by atoms with Crippen LogP contribution < -0.4 is 19.5 Å². The Morgan fingerprint density at radius 2 is 1.91 bits per heavy atom. The minimum absolute atomic E-state index is 0.0187. The number of amides is 1. The number of hydrogen-bond donors (Lipinski definition) is 1. The van der Waals surface area contributed by atoms with Crippen molar-refractivity contribution >= 4 is 18.0 Å². The van der Waals surface area contributed by atoms with Gasteiger partial charge in [-0.15, -0.1) is 0 Å². The summed E-state index contributed by atoms with van der Waals surface area (Å²) < 4.78 is 16.3. The standard InChI is InChI=1S/C25H28N2O5/c1-5-6-12-27-25(29)20(15-26)13-19-10-11-22(23(14-19)30-4)32-24(28)16-31-21-9-7-8-17(2)18(21)3/h7-11,13-14H,5-6,12,16H2,1-4H3,(H,27,29)/b20-13+. The zero-order valence-electron chi connectivity index (χ0n) is 18.9. The molecular formula is C25H28N2O5.